The molecule has 0 aliphatic carbocycles. The third-order valence-electron chi connectivity index (χ3n) is 4.62. The van der Waals surface area contributed by atoms with Gasteiger partial charge in [0.1, 0.15) is 12.4 Å². The monoisotopic (exact) mass is 405 g/mol. The zero-order valence-electron chi connectivity index (χ0n) is 15.8. The molecule has 0 unspecified atom stereocenters. The number of rotatable bonds is 5. The highest BCUT2D eigenvalue weighted by Crippen LogP contribution is 2.24. The minimum atomic E-state index is -1.02. The maximum absolute atomic E-state index is 13.4. The molecule has 0 bridgehead atoms. The summed E-state index contributed by atoms with van der Waals surface area (Å²) in [6.45, 7) is -0.0871. The Labute approximate surface area is 171 Å². The van der Waals surface area contributed by atoms with Crippen LogP contribution in [-0.4, -0.2) is 9.67 Å². The molecule has 0 fully saturated rings. The minimum absolute atomic E-state index is 0.0871. The van der Waals surface area contributed by atoms with Crippen LogP contribution in [0.25, 0.3) is 16.8 Å². The van der Waals surface area contributed by atoms with Crippen LogP contribution in [-0.2, 0) is 6.61 Å². The van der Waals surface area contributed by atoms with Crippen LogP contribution in [0.15, 0.2) is 89.9 Å². The van der Waals surface area contributed by atoms with E-state index in [1.54, 1.807) is 4.57 Å². The molecule has 0 saturated carbocycles. The summed E-state index contributed by atoms with van der Waals surface area (Å²) in [4.78, 5) is 12.0. The average Bonchev–Trinajstić information content (AvgIpc) is 2.77. The Morgan fingerprint density at radius 2 is 1.60 bits per heavy atom. The van der Waals surface area contributed by atoms with Gasteiger partial charge in [-0.2, -0.15) is 0 Å². The first-order valence-electron chi connectivity index (χ1n) is 9.19. The molecule has 0 radical (unpaired) electrons. The SMILES string of the molecule is O=c1cc(COc2ccc(F)c(F)c2)n(-c2cccc(-c3ccccc3)c2)cc1O. The van der Waals surface area contributed by atoms with Crippen molar-refractivity contribution in [2.24, 2.45) is 0 Å². The van der Waals surface area contributed by atoms with E-state index in [-0.39, 0.29) is 12.4 Å². The molecule has 4 nitrogen and oxygen atoms in total. The van der Waals surface area contributed by atoms with Crippen molar-refractivity contribution in [3.05, 3.63) is 113 Å². The molecule has 0 aliphatic rings. The van der Waals surface area contributed by atoms with Crippen LogP contribution in [0.5, 0.6) is 11.5 Å². The number of halogens is 2. The molecule has 0 amide bonds. The molecular weight excluding hydrogens is 388 g/mol. The van der Waals surface area contributed by atoms with E-state index >= 15 is 0 Å². The molecule has 1 N–H and O–H groups in total. The van der Waals surface area contributed by atoms with Gasteiger partial charge in [0, 0.05) is 17.8 Å². The Hall–Kier alpha value is -3.93. The van der Waals surface area contributed by atoms with Gasteiger partial charge >= 0.3 is 0 Å². The third-order valence-corrected chi connectivity index (χ3v) is 4.62. The van der Waals surface area contributed by atoms with Crippen molar-refractivity contribution < 1.29 is 18.6 Å². The number of pyridine rings is 1. The number of aromatic hydroxyl groups is 1. The van der Waals surface area contributed by atoms with Crippen LogP contribution < -0.4 is 10.2 Å². The zero-order chi connectivity index (χ0) is 21.1. The van der Waals surface area contributed by atoms with Gasteiger partial charge in [-0.25, -0.2) is 8.78 Å². The van der Waals surface area contributed by atoms with Gasteiger partial charge in [0.2, 0.25) is 5.43 Å². The van der Waals surface area contributed by atoms with Crippen LogP contribution in [0.4, 0.5) is 8.78 Å². The van der Waals surface area contributed by atoms with Gasteiger partial charge in [0.15, 0.2) is 17.4 Å². The molecule has 0 saturated heterocycles. The molecule has 0 atom stereocenters. The fourth-order valence-corrected chi connectivity index (χ4v) is 3.11. The first-order chi connectivity index (χ1) is 14.5. The van der Waals surface area contributed by atoms with Crippen molar-refractivity contribution in [1.82, 2.24) is 4.57 Å². The Morgan fingerprint density at radius 3 is 2.37 bits per heavy atom. The van der Waals surface area contributed by atoms with Crippen molar-refractivity contribution in [2.75, 3.05) is 0 Å². The highest BCUT2D eigenvalue weighted by Gasteiger charge is 2.11. The molecule has 6 heteroatoms. The van der Waals surface area contributed by atoms with Crippen molar-refractivity contribution >= 4 is 0 Å². The van der Waals surface area contributed by atoms with E-state index in [1.165, 1.54) is 18.3 Å². The fraction of sp³-hybridized carbons (Fsp3) is 0.0417. The molecule has 1 heterocycles. The van der Waals surface area contributed by atoms with E-state index in [0.717, 1.165) is 23.3 Å². The van der Waals surface area contributed by atoms with Crippen LogP contribution in [0, 0.1) is 11.6 Å². The molecule has 4 aromatic rings. The lowest BCUT2D eigenvalue weighted by atomic mass is 10.1. The summed E-state index contributed by atoms with van der Waals surface area (Å²) < 4.78 is 33.7. The zero-order valence-corrected chi connectivity index (χ0v) is 15.8. The Morgan fingerprint density at radius 1 is 0.833 bits per heavy atom. The number of benzene rings is 3. The van der Waals surface area contributed by atoms with Crippen molar-refractivity contribution in [3.63, 3.8) is 0 Å². The normalized spacial score (nSPS) is 10.7. The predicted molar refractivity (Wildman–Crippen MR) is 110 cm³/mol. The van der Waals surface area contributed by atoms with Gasteiger partial charge in [-0.3, -0.25) is 4.79 Å². The second kappa shape index (κ2) is 8.21. The van der Waals surface area contributed by atoms with Crippen LogP contribution >= 0.6 is 0 Å². The first-order valence-corrected chi connectivity index (χ1v) is 9.19. The van der Waals surface area contributed by atoms with E-state index in [4.69, 9.17) is 4.74 Å². The Kier molecular flexibility index (Phi) is 5.30. The molecule has 0 aliphatic heterocycles. The Balaban J connectivity index is 1.70. The second-order valence-electron chi connectivity index (χ2n) is 6.67. The van der Waals surface area contributed by atoms with Crippen LogP contribution in [0.3, 0.4) is 0 Å². The predicted octanol–water partition coefficient (Wildman–Crippen LogP) is 5.07. The molecule has 3 aromatic carbocycles. The van der Waals surface area contributed by atoms with Crippen molar-refractivity contribution in [2.45, 2.75) is 6.61 Å². The fourth-order valence-electron chi connectivity index (χ4n) is 3.11. The number of aromatic nitrogens is 1. The van der Waals surface area contributed by atoms with E-state index in [0.29, 0.717) is 11.4 Å². The number of hydrogen-bond donors (Lipinski definition) is 1. The summed E-state index contributed by atoms with van der Waals surface area (Å²) in [6, 6.07) is 21.8. The van der Waals surface area contributed by atoms with Gasteiger partial charge < -0.3 is 14.4 Å². The lowest BCUT2D eigenvalue weighted by Gasteiger charge is -2.16. The smallest absolute Gasteiger partial charge is 0.223 e. The minimum Gasteiger partial charge on any atom is -0.503 e. The molecular formula is C24H17F2NO3. The van der Waals surface area contributed by atoms with Gasteiger partial charge in [-0.1, -0.05) is 42.5 Å². The summed E-state index contributed by atoms with van der Waals surface area (Å²) >= 11 is 0. The maximum Gasteiger partial charge on any atom is 0.223 e. The topological polar surface area (TPSA) is 51.5 Å². The van der Waals surface area contributed by atoms with E-state index in [9.17, 15) is 18.7 Å². The van der Waals surface area contributed by atoms with Crippen LogP contribution in [0.1, 0.15) is 5.69 Å². The van der Waals surface area contributed by atoms with E-state index < -0.39 is 22.8 Å². The summed E-state index contributed by atoms with van der Waals surface area (Å²) in [5.41, 5.74) is 2.56. The van der Waals surface area contributed by atoms with Crippen LogP contribution in [0.2, 0.25) is 0 Å². The molecule has 0 spiro atoms. The second-order valence-corrected chi connectivity index (χ2v) is 6.67. The maximum atomic E-state index is 13.4. The van der Waals surface area contributed by atoms with Gasteiger partial charge in [-0.15, -0.1) is 0 Å². The largest absolute Gasteiger partial charge is 0.503 e. The Bertz CT molecular complexity index is 1250. The third kappa shape index (κ3) is 4.07. The van der Waals surface area contributed by atoms with Crippen molar-refractivity contribution in [3.8, 4) is 28.3 Å². The summed E-state index contributed by atoms with van der Waals surface area (Å²) in [5, 5.41) is 9.96. The number of hydrogen-bond acceptors (Lipinski definition) is 3. The highest BCUT2D eigenvalue weighted by molar-refractivity contribution is 5.66. The summed E-state index contributed by atoms with van der Waals surface area (Å²) in [6.07, 6.45) is 1.32. The first kappa shape index (κ1) is 19.4. The van der Waals surface area contributed by atoms with Gasteiger partial charge in [0.25, 0.3) is 0 Å². The average molecular weight is 405 g/mol. The molecule has 30 heavy (non-hydrogen) atoms. The molecule has 4 rings (SSSR count). The molecule has 1 aromatic heterocycles. The number of nitrogens with zero attached hydrogens (tertiary/aromatic N) is 1. The van der Waals surface area contributed by atoms with E-state index in [2.05, 4.69) is 0 Å². The standard InChI is InChI=1S/C24H17F2NO3/c25-21-10-9-20(13-22(21)26)30-15-19-12-23(28)24(29)14-27(19)18-8-4-7-17(11-18)16-5-2-1-3-6-16/h1-14,29H,15H2. The summed E-state index contributed by atoms with van der Waals surface area (Å²) in [5.74, 6) is -2.27. The van der Waals surface area contributed by atoms with E-state index in [1.807, 2.05) is 54.6 Å². The lowest BCUT2D eigenvalue weighted by Crippen LogP contribution is -2.13. The summed E-state index contributed by atoms with van der Waals surface area (Å²) in [7, 11) is 0. The molecule has 150 valence electrons. The van der Waals surface area contributed by atoms with Crippen molar-refractivity contribution in [1.29, 1.82) is 0 Å². The van der Waals surface area contributed by atoms with Gasteiger partial charge in [-0.05, 0) is 35.4 Å². The highest BCUT2D eigenvalue weighted by atomic mass is 19.2. The number of ether oxygens (including phenoxy) is 1. The quantitative estimate of drug-likeness (QED) is 0.505. The van der Waals surface area contributed by atoms with Gasteiger partial charge in [0.05, 0.1) is 11.9 Å². The lowest BCUT2D eigenvalue weighted by molar-refractivity contribution is 0.295.